The molecule has 1 amide bonds. The van der Waals surface area contributed by atoms with Crippen molar-refractivity contribution in [1.82, 2.24) is 9.78 Å². The van der Waals surface area contributed by atoms with E-state index in [-0.39, 0.29) is 11.8 Å². The molecule has 0 aliphatic heterocycles. The molecule has 2 rings (SSSR count). The minimum absolute atomic E-state index is 0.227. The van der Waals surface area contributed by atoms with E-state index < -0.39 is 12.1 Å². The van der Waals surface area contributed by atoms with Crippen molar-refractivity contribution in [3.05, 3.63) is 41.2 Å². The van der Waals surface area contributed by atoms with Crippen molar-refractivity contribution < 1.29 is 19.4 Å². The highest BCUT2D eigenvalue weighted by Crippen LogP contribution is 2.24. The summed E-state index contributed by atoms with van der Waals surface area (Å²) in [6, 6.07) is 6.89. The summed E-state index contributed by atoms with van der Waals surface area (Å²) in [6.45, 7) is 7.29. The predicted molar refractivity (Wildman–Crippen MR) is 94.2 cm³/mol. The summed E-state index contributed by atoms with van der Waals surface area (Å²) in [5.74, 6) is -0.696. The number of benzene rings is 1. The third-order valence-corrected chi connectivity index (χ3v) is 3.82. The largest absolute Gasteiger partial charge is 0.479 e. The van der Waals surface area contributed by atoms with Gasteiger partial charge in [0.25, 0.3) is 5.91 Å². The zero-order valence-corrected chi connectivity index (χ0v) is 15.0. The van der Waals surface area contributed by atoms with Gasteiger partial charge in [-0.25, -0.2) is 4.79 Å². The van der Waals surface area contributed by atoms with E-state index >= 15 is 0 Å². The van der Waals surface area contributed by atoms with Crippen LogP contribution in [0.5, 0.6) is 5.75 Å². The van der Waals surface area contributed by atoms with Gasteiger partial charge >= 0.3 is 5.97 Å². The van der Waals surface area contributed by atoms with Crippen molar-refractivity contribution in [3.8, 4) is 5.75 Å². The molecule has 1 aromatic carbocycles. The average molecular weight is 345 g/mol. The van der Waals surface area contributed by atoms with Crippen LogP contribution in [0.2, 0.25) is 0 Å². The standard InChI is InChI=1S/C18H23N3O4/c1-10(2)14-9-15(21(5)20-14)17(22)19-13-7-6-11(3)16(8-13)25-12(4)18(23)24/h6-10,12H,1-5H3,(H,19,22)(H,23,24)/t12-/m0/s1. The summed E-state index contributed by atoms with van der Waals surface area (Å²) in [6.07, 6.45) is -0.977. The lowest BCUT2D eigenvalue weighted by Crippen LogP contribution is -2.23. The first-order valence-electron chi connectivity index (χ1n) is 8.04. The summed E-state index contributed by atoms with van der Waals surface area (Å²) in [5, 5.41) is 16.1. The van der Waals surface area contributed by atoms with Crippen molar-refractivity contribution >= 4 is 17.6 Å². The van der Waals surface area contributed by atoms with Gasteiger partial charge in [0.2, 0.25) is 0 Å². The lowest BCUT2D eigenvalue weighted by Gasteiger charge is -2.14. The van der Waals surface area contributed by atoms with E-state index in [0.29, 0.717) is 17.1 Å². The van der Waals surface area contributed by atoms with Crippen molar-refractivity contribution in [2.45, 2.75) is 39.7 Å². The molecule has 1 heterocycles. The number of aliphatic carboxylic acids is 1. The number of carbonyl (C=O) groups excluding carboxylic acids is 1. The maximum absolute atomic E-state index is 12.5. The number of carboxylic acids is 1. The molecule has 1 atom stereocenters. The molecular weight excluding hydrogens is 322 g/mol. The molecule has 0 unspecified atom stereocenters. The Morgan fingerprint density at radius 1 is 1.24 bits per heavy atom. The van der Waals surface area contributed by atoms with Crippen molar-refractivity contribution in [2.75, 3.05) is 5.32 Å². The minimum atomic E-state index is -1.05. The van der Waals surface area contributed by atoms with Crippen LogP contribution in [0, 0.1) is 6.92 Å². The van der Waals surface area contributed by atoms with Crippen molar-refractivity contribution in [2.24, 2.45) is 7.05 Å². The van der Waals surface area contributed by atoms with E-state index in [1.54, 1.807) is 36.0 Å². The molecule has 2 N–H and O–H groups in total. The maximum Gasteiger partial charge on any atom is 0.344 e. The fourth-order valence-electron chi connectivity index (χ4n) is 2.22. The van der Waals surface area contributed by atoms with Crippen LogP contribution < -0.4 is 10.1 Å². The Labute approximate surface area is 146 Å². The van der Waals surface area contributed by atoms with Gasteiger partial charge in [-0.3, -0.25) is 9.48 Å². The van der Waals surface area contributed by atoms with Crippen LogP contribution in [0.3, 0.4) is 0 Å². The van der Waals surface area contributed by atoms with Gasteiger partial charge in [0.15, 0.2) is 6.10 Å². The molecule has 0 aliphatic carbocycles. The number of nitrogens with zero attached hydrogens (tertiary/aromatic N) is 2. The molecule has 1 aromatic heterocycles. The Morgan fingerprint density at radius 3 is 2.48 bits per heavy atom. The zero-order chi connectivity index (χ0) is 18.7. The van der Waals surface area contributed by atoms with E-state index in [2.05, 4.69) is 10.4 Å². The highest BCUT2D eigenvalue weighted by Gasteiger charge is 2.17. The number of amides is 1. The Morgan fingerprint density at radius 2 is 1.92 bits per heavy atom. The Bertz CT molecular complexity index is 796. The van der Waals surface area contributed by atoms with Crippen LogP contribution in [0.1, 0.15) is 48.4 Å². The predicted octanol–water partition coefficient (Wildman–Crippen LogP) is 2.96. The first kappa shape index (κ1) is 18.5. The van der Waals surface area contributed by atoms with Gasteiger partial charge in [-0.2, -0.15) is 5.10 Å². The number of aromatic nitrogens is 2. The van der Waals surface area contributed by atoms with E-state index in [1.165, 1.54) is 6.92 Å². The molecule has 0 aliphatic rings. The number of anilines is 1. The fraction of sp³-hybridized carbons (Fsp3) is 0.389. The lowest BCUT2D eigenvalue weighted by atomic mass is 10.1. The maximum atomic E-state index is 12.5. The SMILES string of the molecule is Cc1ccc(NC(=O)c2cc(C(C)C)nn2C)cc1O[C@@H](C)C(=O)O. The molecule has 134 valence electrons. The molecular formula is C18H23N3O4. The van der Waals surface area contributed by atoms with Crippen LogP contribution in [-0.2, 0) is 11.8 Å². The Hall–Kier alpha value is -2.83. The molecule has 25 heavy (non-hydrogen) atoms. The number of aryl methyl sites for hydroxylation is 2. The second-order valence-corrected chi connectivity index (χ2v) is 6.27. The smallest absolute Gasteiger partial charge is 0.344 e. The molecule has 7 heteroatoms. The average Bonchev–Trinajstić information content (AvgIpc) is 2.92. The van der Waals surface area contributed by atoms with Crippen molar-refractivity contribution in [1.29, 1.82) is 0 Å². The summed E-state index contributed by atoms with van der Waals surface area (Å²) < 4.78 is 6.97. The molecule has 7 nitrogen and oxygen atoms in total. The normalized spacial score (nSPS) is 12.1. The number of carboxylic acid groups (broad SMARTS) is 1. The molecule has 0 bridgehead atoms. The van der Waals surface area contributed by atoms with Gasteiger partial charge in [0, 0.05) is 18.8 Å². The molecule has 0 saturated heterocycles. The van der Waals surface area contributed by atoms with Gasteiger partial charge in [0.1, 0.15) is 11.4 Å². The molecule has 2 aromatic rings. The highest BCUT2D eigenvalue weighted by molar-refractivity contribution is 6.03. The number of ether oxygens (including phenoxy) is 1. The first-order valence-corrected chi connectivity index (χ1v) is 8.04. The van der Waals surface area contributed by atoms with E-state index in [1.807, 2.05) is 20.8 Å². The first-order chi connectivity index (χ1) is 11.7. The number of carbonyl (C=O) groups is 2. The lowest BCUT2D eigenvalue weighted by molar-refractivity contribution is -0.144. The third kappa shape index (κ3) is 4.37. The van der Waals surface area contributed by atoms with Crippen LogP contribution in [0.25, 0.3) is 0 Å². The van der Waals surface area contributed by atoms with E-state index in [9.17, 15) is 9.59 Å². The second-order valence-electron chi connectivity index (χ2n) is 6.27. The Kier molecular flexibility index (Phi) is 5.46. The van der Waals surface area contributed by atoms with E-state index in [4.69, 9.17) is 9.84 Å². The van der Waals surface area contributed by atoms with E-state index in [0.717, 1.165) is 11.3 Å². The van der Waals surface area contributed by atoms with Crippen molar-refractivity contribution in [3.63, 3.8) is 0 Å². The highest BCUT2D eigenvalue weighted by atomic mass is 16.5. The molecule has 0 fully saturated rings. The number of hydrogen-bond donors (Lipinski definition) is 2. The monoisotopic (exact) mass is 345 g/mol. The van der Waals surface area contributed by atoms with Gasteiger partial charge in [-0.05, 0) is 37.5 Å². The third-order valence-electron chi connectivity index (χ3n) is 3.82. The van der Waals surface area contributed by atoms with Gasteiger partial charge in [-0.1, -0.05) is 19.9 Å². The van der Waals surface area contributed by atoms with Gasteiger partial charge in [0.05, 0.1) is 5.69 Å². The summed E-state index contributed by atoms with van der Waals surface area (Å²) in [7, 11) is 1.72. The van der Waals surface area contributed by atoms with Crippen LogP contribution in [-0.4, -0.2) is 32.9 Å². The quantitative estimate of drug-likeness (QED) is 0.839. The summed E-state index contributed by atoms with van der Waals surface area (Å²) >= 11 is 0. The number of rotatable bonds is 6. The number of nitrogens with one attached hydrogen (secondary N) is 1. The topological polar surface area (TPSA) is 93.5 Å². The molecule has 0 saturated carbocycles. The summed E-state index contributed by atoms with van der Waals surface area (Å²) in [4.78, 5) is 23.4. The molecule has 0 radical (unpaired) electrons. The van der Waals surface area contributed by atoms with Crippen LogP contribution in [0.4, 0.5) is 5.69 Å². The van der Waals surface area contributed by atoms with Crippen LogP contribution >= 0.6 is 0 Å². The summed E-state index contributed by atoms with van der Waals surface area (Å²) in [5.41, 5.74) is 2.60. The fourth-order valence-corrected chi connectivity index (χ4v) is 2.22. The van der Waals surface area contributed by atoms with Gasteiger partial charge < -0.3 is 15.2 Å². The Balaban J connectivity index is 2.20. The minimum Gasteiger partial charge on any atom is -0.479 e. The molecule has 0 spiro atoms. The van der Waals surface area contributed by atoms with Crippen LogP contribution in [0.15, 0.2) is 24.3 Å². The second kappa shape index (κ2) is 7.38. The zero-order valence-electron chi connectivity index (χ0n) is 15.0. The number of hydrogen-bond acceptors (Lipinski definition) is 4. The van der Waals surface area contributed by atoms with Gasteiger partial charge in [-0.15, -0.1) is 0 Å².